The highest BCUT2D eigenvalue weighted by molar-refractivity contribution is 6.39. The zero-order valence-electron chi connectivity index (χ0n) is 27.4. The minimum atomic E-state index is -0.511. The van der Waals surface area contributed by atoms with Gasteiger partial charge in [-0.25, -0.2) is 14.8 Å². The average Bonchev–Trinajstić information content (AvgIpc) is 3.68. The minimum Gasteiger partial charge on any atom is -0.480 e. The van der Waals surface area contributed by atoms with Crippen molar-refractivity contribution in [3.8, 4) is 45.4 Å². The van der Waals surface area contributed by atoms with Crippen molar-refractivity contribution in [2.24, 2.45) is 0 Å². The summed E-state index contributed by atoms with van der Waals surface area (Å²) in [5.74, 6) is 0.907. The van der Waals surface area contributed by atoms with Gasteiger partial charge in [0.1, 0.15) is 18.0 Å². The van der Waals surface area contributed by atoms with Gasteiger partial charge in [0.2, 0.25) is 17.7 Å². The monoisotopic (exact) mass is 705 g/mol. The van der Waals surface area contributed by atoms with Crippen LogP contribution in [0.25, 0.3) is 33.6 Å². The Morgan fingerprint density at radius 2 is 1.51 bits per heavy atom. The SMILES string of the molecule is COc1nc(-c2cccc(-c3cccc(-c4cnc(CNCC5(C)COC(=O)N5)c(OC)n4)c3Cl)c2Cl)cnc1CCC[C@@H]1CCC(=O)N1. The Morgan fingerprint density at radius 3 is 2.06 bits per heavy atom. The van der Waals surface area contributed by atoms with Crippen molar-refractivity contribution in [1.29, 1.82) is 0 Å². The van der Waals surface area contributed by atoms with Gasteiger partial charge in [0, 0.05) is 47.8 Å². The van der Waals surface area contributed by atoms with Crippen LogP contribution >= 0.6 is 23.2 Å². The van der Waals surface area contributed by atoms with E-state index in [0.717, 1.165) is 25.0 Å². The molecule has 1 unspecified atom stereocenters. The molecule has 4 aromatic rings. The standard InChI is InChI=1S/C35H37Cl2N7O5/c1-35(19-49-34(46)44-35)18-38-15-28-33(48-3)43-27(17-40-28)24-11-6-9-22(31(24)37)21-8-5-10-23(30(21)36)26-16-39-25(32(42-26)47-2)12-4-7-20-13-14-29(45)41-20/h5-6,8-11,16-17,20,38H,4,7,12-15,18-19H2,1-3H3,(H,41,45)(H,44,46)/t20-,35?/m1/s1. The number of alkyl carbamates (subject to hydrolysis) is 1. The number of aryl methyl sites for hydroxylation is 1. The molecule has 49 heavy (non-hydrogen) atoms. The van der Waals surface area contributed by atoms with Crippen molar-refractivity contribution in [1.82, 2.24) is 35.9 Å². The van der Waals surface area contributed by atoms with Crippen LogP contribution in [0.5, 0.6) is 11.8 Å². The molecule has 2 aliphatic heterocycles. The zero-order chi connectivity index (χ0) is 34.5. The first-order valence-electron chi connectivity index (χ1n) is 16.0. The van der Waals surface area contributed by atoms with Crippen LogP contribution in [-0.2, 0) is 22.5 Å². The van der Waals surface area contributed by atoms with Gasteiger partial charge >= 0.3 is 6.09 Å². The van der Waals surface area contributed by atoms with Gasteiger partial charge in [-0.05, 0) is 32.6 Å². The predicted molar refractivity (Wildman–Crippen MR) is 186 cm³/mol. The van der Waals surface area contributed by atoms with E-state index in [4.69, 9.17) is 47.4 Å². The van der Waals surface area contributed by atoms with Crippen LogP contribution in [-0.4, -0.2) is 70.9 Å². The highest BCUT2D eigenvalue weighted by Gasteiger charge is 2.34. The smallest absolute Gasteiger partial charge is 0.407 e. The maximum atomic E-state index is 11.5. The Morgan fingerprint density at radius 1 is 0.918 bits per heavy atom. The molecule has 12 nitrogen and oxygen atoms in total. The molecular weight excluding hydrogens is 669 g/mol. The van der Waals surface area contributed by atoms with Crippen LogP contribution in [0.3, 0.4) is 0 Å². The number of rotatable bonds is 13. The number of benzene rings is 2. The number of amides is 2. The quantitative estimate of drug-likeness (QED) is 0.156. The van der Waals surface area contributed by atoms with E-state index in [9.17, 15) is 9.59 Å². The fraction of sp³-hybridized carbons (Fsp3) is 0.371. The molecule has 256 valence electrons. The molecule has 0 radical (unpaired) electrons. The number of carbonyl (C=O) groups excluding carboxylic acids is 2. The highest BCUT2D eigenvalue weighted by Crippen LogP contribution is 2.42. The maximum Gasteiger partial charge on any atom is 0.407 e. The van der Waals surface area contributed by atoms with Crippen molar-refractivity contribution in [2.75, 3.05) is 27.4 Å². The van der Waals surface area contributed by atoms with E-state index in [-0.39, 0.29) is 18.6 Å². The molecule has 14 heteroatoms. The predicted octanol–water partition coefficient (Wildman–Crippen LogP) is 5.78. The van der Waals surface area contributed by atoms with Crippen molar-refractivity contribution in [3.63, 3.8) is 0 Å². The van der Waals surface area contributed by atoms with Gasteiger partial charge in [-0.1, -0.05) is 59.6 Å². The van der Waals surface area contributed by atoms with Gasteiger partial charge in [0.05, 0.1) is 53.6 Å². The molecule has 2 saturated heterocycles. The largest absolute Gasteiger partial charge is 0.480 e. The van der Waals surface area contributed by atoms with Gasteiger partial charge in [-0.3, -0.25) is 14.8 Å². The molecule has 3 N–H and O–H groups in total. The first-order valence-corrected chi connectivity index (χ1v) is 16.8. The second-order valence-corrected chi connectivity index (χ2v) is 13.1. The molecule has 0 spiro atoms. The molecule has 2 amide bonds. The summed E-state index contributed by atoms with van der Waals surface area (Å²) in [5.41, 5.74) is 4.71. The van der Waals surface area contributed by atoms with E-state index in [0.29, 0.717) is 87.1 Å². The molecule has 0 saturated carbocycles. The fourth-order valence-corrected chi connectivity index (χ4v) is 6.70. The topological polar surface area (TPSA) is 149 Å². The van der Waals surface area contributed by atoms with Gasteiger partial charge in [0.15, 0.2) is 0 Å². The Balaban J connectivity index is 1.20. The summed E-state index contributed by atoms with van der Waals surface area (Å²) in [6.45, 7) is 3.02. The van der Waals surface area contributed by atoms with Crippen molar-refractivity contribution >= 4 is 35.2 Å². The Kier molecular flexibility index (Phi) is 10.5. The molecule has 6 rings (SSSR count). The summed E-state index contributed by atoms with van der Waals surface area (Å²) < 4.78 is 16.2. The number of aromatic nitrogens is 4. The van der Waals surface area contributed by atoms with Crippen LogP contribution in [0, 0.1) is 0 Å². The van der Waals surface area contributed by atoms with Crippen LogP contribution in [0.2, 0.25) is 10.0 Å². The summed E-state index contributed by atoms with van der Waals surface area (Å²) in [4.78, 5) is 41.7. The first-order chi connectivity index (χ1) is 23.7. The summed E-state index contributed by atoms with van der Waals surface area (Å²) in [7, 11) is 3.11. The molecule has 2 aromatic carbocycles. The van der Waals surface area contributed by atoms with Crippen LogP contribution in [0.4, 0.5) is 4.79 Å². The lowest BCUT2D eigenvalue weighted by molar-refractivity contribution is -0.119. The molecule has 0 bridgehead atoms. The Bertz CT molecular complexity index is 1880. The third kappa shape index (κ3) is 7.71. The summed E-state index contributed by atoms with van der Waals surface area (Å²) in [5, 5.41) is 10.0. The van der Waals surface area contributed by atoms with Crippen molar-refractivity contribution in [2.45, 2.75) is 57.2 Å². The van der Waals surface area contributed by atoms with Gasteiger partial charge in [-0.2, -0.15) is 0 Å². The average molecular weight is 707 g/mol. The minimum absolute atomic E-state index is 0.117. The third-order valence-corrected chi connectivity index (χ3v) is 9.45. The molecular formula is C35H37Cl2N7O5. The number of halogens is 2. The summed E-state index contributed by atoms with van der Waals surface area (Å²) in [6, 6.07) is 11.5. The van der Waals surface area contributed by atoms with E-state index >= 15 is 0 Å². The molecule has 0 aliphatic carbocycles. The maximum absolute atomic E-state index is 11.5. The number of nitrogens with zero attached hydrogens (tertiary/aromatic N) is 4. The number of carbonyl (C=O) groups is 2. The second kappa shape index (κ2) is 14.9. The second-order valence-electron chi connectivity index (χ2n) is 12.3. The number of hydrogen-bond donors (Lipinski definition) is 3. The zero-order valence-corrected chi connectivity index (χ0v) is 29.0. The number of methoxy groups -OCH3 is 2. The first kappa shape index (κ1) is 34.3. The van der Waals surface area contributed by atoms with Crippen molar-refractivity contribution < 1.29 is 23.8 Å². The van der Waals surface area contributed by atoms with E-state index in [2.05, 4.69) is 25.9 Å². The molecule has 2 fully saturated rings. The normalized spacial score (nSPS) is 18.6. The van der Waals surface area contributed by atoms with Gasteiger partial charge in [0.25, 0.3) is 0 Å². The fourth-order valence-electron chi connectivity index (χ4n) is 6.05. The highest BCUT2D eigenvalue weighted by atomic mass is 35.5. The van der Waals surface area contributed by atoms with Gasteiger partial charge < -0.3 is 30.2 Å². The Labute approximate surface area is 294 Å². The molecule has 2 atom stereocenters. The van der Waals surface area contributed by atoms with E-state index in [1.807, 2.05) is 43.3 Å². The summed E-state index contributed by atoms with van der Waals surface area (Å²) in [6.07, 6.45) is 6.79. The van der Waals surface area contributed by atoms with Crippen LogP contribution in [0.1, 0.15) is 44.0 Å². The van der Waals surface area contributed by atoms with E-state index < -0.39 is 11.6 Å². The van der Waals surface area contributed by atoms with Crippen LogP contribution in [0.15, 0.2) is 48.8 Å². The number of cyclic esters (lactones) is 1. The number of hydrogen-bond acceptors (Lipinski definition) is 10. The number of ether oxygens (including phenoxy) is 3. The lowest BCUT2D eigenvalue weighted by atomic mass is 9.98. The molecule has 2 aliphatic rings. The number of nitrogens with one attached hydrogen (secondary N) is 3. The van der Waals surface area contributed by atoms with Crippen LogP contribution < -0.4 is 25.4 Å². The Hall–Kier alpha value is -4.52. The lowest BCUT2D eigenvalue weighted by Gasteiger charge is -2.21. The van der Waals surface area contributed by atoms with E-state index in [1.165, 1.54) is 7.11 Å². The molecule has 2 aromatic heterocycles. The van der Waals surface area contributed by atoms with E-state index in [1.54, 1.807) is 19.5 Å². The molecule has 4 heterocycles. The van der Waals surface area contributed by atoms with Gasteiger partial charge in [-0.15, -0.1) is 0 Å². The third-order valence-electron chi connectivity index (χ3n) is 8.63. The lowest BCUT2D eigenvalue weighted by Crippen LogP contribution is -2.48. The summed E-state index contributed by atoms with van der Waals surface area (Å²) >= 11 is 14.1. The van der Waals surface area contributed by atoms with Crippen molar-refractivity contribution in [3.05, 3.63) is 70.2 Å².